The third-order valence-corrected chi connectivity index (χ3v) is 10.7. The van der Waals surface area contributed by atoms with E-state index in [1.807, 2.05) is 0 Å². The fourth-order valence-corrected chi connectivity index (χ4v) is 9.28. The molecule has 3 saturated carbocycles. The van der Waals surface area contributed by atoms with Crippen molar-refractivity contribution in [2.45, 2.75) is 90.4 Å². The number of amides is 1. The second-order valence-electron chi connectivity index (χ2n) is 10.7. The zero-order valence-electron chi connectivity index (χ0n) is 17.6. The number of fused-ring (bicyclic) bond motifs is 5. The quantitative estimate of drug-likeness (QED) is 0.637. The van der Waals surface area contributed by atoms with Crippen molar-refractivity contribution >= 4 is 17.7 Å². The van der Waals surface area contributed by atoms with Crippen LogP contribution in [0.5, 0.6) is 0 Å². The van der Waals surface area contributed by atoms with Gasteiger partial charge >= 0.3 is 0 Å². The Morgan fingerprint density at radius 3 is 2.69 bits per heavy atom. The second-order valence-corrected chi connectivity index (χ2v) is 12.1. The molecule has 0 spiro atoms. The largest absolute Gasteiger partial charge is 0.342 e. The summed E-state index contributed by atoms with van der Waals surface area (Å²) in [6.45, 7) is 10.0. The summed E-state index contributed by atoms with van der Waals surface area (Å²) in [5.74, 6) is 5.14. The molecule has 148 valence electrons. The van der Waals surface area contributed by atoms with Gasteiger partial charge < -0.3 is 4.90 Å². The molecule has 1 aliphatic heterocycles. The maximum Gasteiger partial charge on any atom is 0.222 e. The number of thioether (sulfide) groups is 1. The zero-order valence-corrected chi connectivity index (χ0v) is 18.4. The molecule has 0 radical (unpaired) electrons. The van der Waals surface area contributed by atoms with E-state index in [1.54, 1.807) is 0 Å². The van der Waals surface area contributed by atoms with Crippen molar-refractivity contribution in [3.05, 3.63) is 0 Å². The Bertz CT molecular complexity index is 564. The van der Waals surface area contributed by atoms with Crippen molar-refractivity contribution in [2.24, 2.45) is 34.5 Å². The monoisotopic (exact) mass is 377 g/mol. The smallest absolute Gasteiger partial charge is 0.222 e. The molecule has 0 bridgehead atoms. The Hall–Kier alpha value is -0.180. The van der Waals surface area contributed by atoms with Crippen molar-refractivity contribution in [3.63, 3.8) is 0 Å². The fraction of sp³-hybridized carbons (Fsp3) is 0.957. The second kappa shape index (κ2) is 6.71. The number of likely N-dealkylation sites (tertiary alicyclic amines) is 1. The number of hydrogen-bond donors (Lipinski definition) is 0. The molecule has 0 unspecified atom stereocenters. The van der Waals surface area contributed by atoms with Crippen LogP contribution in [0.15, 0.2) is 0 Å². The molecule has 0 aromatic heterocycles. The maximum absolute atomic E-state index is 12.4. The molecule has 1 heterocycles. The molecular formula is C23H39NOS. The Morgan fingerprint density at radius 1 is 1.19 bits per heavy atom. The van der Waals surface area contributed by atoms with E-state index < -0.39 is 0 Å². The number of carbonyl (C=O) groups is 1. The highest BCUT2D eigenvalue weighted by atomic mass is 32.2. The fourth-order valence-electron chi connectivity index (χ4n) is 7.87. The first-order valence-electron chi connectivity index (χ1n) is 11.2. The number of rotatable bonds is 3. The summed E-state index contributed by atoms with van der Waals surface area (Å²) in [4.78, 5) is 14.5. The van der Waals surface area contributed by atoms with E-state index in [-0.39, 0.29) is 0 Å². The van der Waals surface area contributed by atoms with E-state index in [4.69, 9.17) is 0 Å². The van der Waals surface area contributed by atoms with Crippen LogP contribution in [0, 0.1) is 34.5 Å². The third-order valence-electron chi connectivity index (χ3n) is 9.22. The van der Waals surface area contributed by atoms with Crippen molar-refractivity contribution in [1.82, 2.24) is 4.90 Å². The van der Waals surface area contributed by atoms with Gasteiger partial charge in [0.25, 0.3) is 0 Å². The molecule has 1 amide bonds. The summed E-state index contributed by atoms with van der Waals surface area (Å²) < 4.78 is 0. The molecule has 4 rings (SSSR count). The summed E-state index contributed by atoms with van der Waals surface area (Å²) in [6.07, 6.45) is 10.2. The predicted molar refractivity (Wildman–Crippen MR) is 111 cm³/mol. The topological polar surface area (TPSA) is 20.3 Å². The molecular weight excluding hydrogens is 338 g/mol. The van der Waals surface area contributed by atoms with Crippen LogP contribution in [0.2, 0.25) is 0 Å². The summed E-state index contributed by atoms with van der Waals surface area (Å²) in [7, 11) is 2.08. The van der Waals surface area contributed by atoms with Crippen molar-refractivity contribution in [1.29, 1.82) is 0 Å². The van der Waals surface area contributed by atoms with Crippen molar-refractivity contribution < 1.29 is 4.79 Å². The SMILES string of the molecule is CCCS[C@H]1C[C@H]2[C@@H]3[C@@H](C)C[C@H]4N(C)C(=O)CC[C@]4(C)[C@H]3CC[C@]2(C)C1. The van der Waals surface area contributed by atoms with Crippen LogP contribution in [0.3, 0.4) is 0 Å². The number of hydrogen-bond acceptors (Lipinski definition) is 2. The average molecular weight is 378 g/mol. The standard InChI is InChI=1S/C23H39NOS/c1-6-11-26-16-13-18-21-15(2)12-19-23(4,10-8-20(25)24(19)5)17(21)7-9-22(18,3)14-16/h15-19,21H,6-14H2,1-5H3/t15-,16-,17-,18-,19+,21+,22+,23+/m0/s1. The molecule has 3 aliphatic carbocycles. The minimum atomic E-state index is 0.357. The van der Waals surface area contributed by atoms with Crippen LogP contribution >= 0.6 is 11.8 Å². The van der Waals surface area contributed by atoms with E-state index >= 15 is 0 Å². The van der Waals surface area contributed by atoms with Gasteiger partial charge in [-0.3, -0.25) is 4.79 Å². The van der Waals surface area contributed by atoms with Crippen LogP contribution in [0.25, 0.3) is 0 Å². The molecule has 26 heavy (non-hydrogen) atoms. The lowest BCUT2D eigenvalue weighted by molar-refractivity contribution is -0.164. The van der Waals surface area contributed by atoms with Crippen molar-refractivity contribution in [3.8, 4) is 0 Å². The average Bonchev–Trinajstić information content (AvgIpc) is 2.95. The molecule has 8 atom stereocenters. The van der Waals surface area contributed by atoms with Gasteiger partial charge in [-0.25, -0.2) is 0 Å². The van der Waals surface area contributed by atoms with Gasteiger partial charge in [-0.05, 0) is 85.2 Å². The van der Waals surface area contributed by atoms with E-state index in [9.17, 15) is 4.79 Å². The highest BCUT2D eigenvalue weighted by Crippen LogP contribution is 2.66. The highest BCUT2D eigenvalue weighted by molar-refractivity contribution is 7.99. The molecule has 3 heteroatoms. The summed E-state index contributed by atoms with van der Waals surface area (Å²) in [5.41, 5.74) is 0.941. The normalized spacial score (nSPS) is 51.0. The highest BCUT2D eigenvalue weighted by Gasteiger charge is 2.61. The molecule has 1 saturated heterocycles. The van der Waals surface area contributed by atoms with Gasteiger partial charge in [0.05, 0.1) is 0 Å². The first-order chi connectivity index (χ1) is 12.3. The van der Waals surface area contributed by atoms with Gasteiger partial charge in [-0.15, -0.1) is 0 Å². The first kappa shape index (κ1) is 19.2. The summed E-state index contributed by atoms with van der Waals surface area (Å²) in [5, 5.41) is 0.900. The first-order valence-corrected chi connectivity index (χ1v) is 12.2. The number of carbonyl (C=O) groups excluding carboxylic acids is 1. The minimum absolute atomic E-state index is 0.357. The zero-order chi connectivity index (χ0) is 18.7. The van der Waals surface area contributed by atoms with Crippen LogP contribution in [-0.4, -0.2) is 34.9 Å². The van der Waals surface area contributed by atoms with Crippen LogP contribution in [-0.2, 0) is 4.79 Å². The molecule has 0 aromatic rings. The molecule has 2 nitrogen and oxygen atoms in total. The number of nitrogens with zero attached hydrogens (tertiary/aromatic N) is 1. The maximum atomic E-state index is 12.4. The van der Waals surface area contributed by atoms with E-state index in [0.29, 0.717) is 22.8 Å². The Kier molecular flexibility index (Phi) is 4.94. The van der Waals surface area contributed by atoms with Gasteiger partial charge in [0.2, 0.25) is 5.91 Å². The van der Waals surface area contributed by atoms with Gasteiger partial charge in [-0.2, -0.15) is 11.8 Å². The van der Waals surface area contributed by atoms with Crippen molar-refractivity contribution in [2.75, 3.05) is 12.8 Å². The minimum Gasteiger partial charge on any atom is -0.342 e. The summed E-state index contributed by atoms with van der Waals surface area (Å²) >= 11 is 2.26. The summed E-state index contributed by atoms with van der Waals surface area (Å²) in [6, 6.07) is 0.482. The predicted octanol–water partition coefficient (Wildman–Crippen LogP) is 5.61. The van der Waals surface area contributed by atoms with Crippen LogP contribution in [0.4, 0.5) is 0 Å². The molecule has 4 fully saturated rings. The van der Waals surface area contributed by atoms with E-state index in [1.165, 1.54) is 44.3 Å². The molecule has 4 aliphatic rings. The Morgan fingerprint density at radius 2 is 1.96 bits per heavy atom. The molecule has 0 N–H and O–H groups in total. The van der Waals surface area contributed by atoms with E-state index in [0.717, 1.165) is 41.8 Å². The number of piperidine rings is 1. The lowest BCUT2D eigenvalue weighted by Gasteiger charge is -2.63. The van der Waals surface area contributed by atoms with Gasteiger partial charge in [0.1, 0.15) is 0 Å². The third kappa shape index (κ3) is 2.78. The van der Waals surface area contributed by atoms with E-state index in [2.05, 4.69) is 51.4 Å². The van der Waals surface area contributed by atoms with Gasteiger partial charge in [0.15, 0.2) is 0 Å². The lowest BCUT2D eigenvalue weighted by Crippen LogP contribution is -2.62. The van der Waals surface area contributed by atoms with Gasteiger partial charge in [-0.1, -0.05) is 27.7 Å². The molecule has 0 aromatic carbocycles. The van der Waals surface area contributed by atoms with Crippen LogP contribution in [0.1, 0.15) is 79.1 Å². The lowest BCUT2D eigenvalue weighted by atomic mass is 9.45. The van der Waals surface area contributed by atoms with Gasteiger partial charge in [0, 0.05) is 24.8 Å². The Labute approximate surface area is 165 Å². The van der Waals surface area contributed by atoms with Crippen LogP contribution < -0.4 is 0 Å². The Balaban J connectivity index is 1.61.